The summed E-state index contributed by atoms with van der Waals surface area (Å²) in [7, 11) is -3.50. The second-order valence-corrected chi connectivity index (χ2v) is 6.02. The first-order valence-corrected chi connectivity index (χ1v) is 7.43. The van der Waals surface area contributed by atoms with Crippen LogP contribution in [0, 0.1) is 6.92 Å². The lowest BCUT2D eigenvalue weighted by atomic mass is 10.2. The zero-order valence-corrected chi connectivity index (χ0v) is 11.5. The maximum atomic E-state index is 12.0. The molecule has 0 amide bonds. The molecule has 0 fully saturated rings. The molecule has 1 heterocycles. The Labute approximate surface area is 112 Å². The van der Waals surface area contributed by atoms with Crippen LogP contribution in [0.2, 0.25) is 0 Å². The minimum absolute atomic E-state index is 0.135. The molecule has 2 aromatic rings. The van der Waals surface area contributed by atoms with Crippen LogP contribution in [0.15, 0.2) is 45.7 Å². The topological polar surface area (TPSA) is 87.0 Å². The molecule has 102 valence electrons. The average molecular weight is 281 g/mol. The van der Waals surface area contributed by atoms with Crippen molar-refractivity contribution in [3.8, 4) is 0 Å². The standard InChI is InChI=1S/C13H16N2O3S/c1-10-2-6-13(7-3-10)19(16,17)15-9-12-5-4-11(8-14)18-12/h2-7,15H,8-9,14H2,1H3/p+1. The Balaban J connectivity index is 2.07. The van der Waals surface area contributed by atoms with Gasteiger partial charge in [0.15, 0.2) is 5.76 Å². The molecule has 0 spiro atoms. The van der Waals surface area contributed by atoms with Crippen LogP contribution < -0.4 is 10.5 Å². The van der Waals surface area contributed by atoms with Gasteiger partial charge in [0.25, 0.3) is 0 Å². The number of hydrogen-bond donors (Lipinski definition) is 2. The van der Waals surface area contributed by atoms with Crippen molar-refractivity contribution in [2.24, 2.45) is 0 Å². The molecule has 1 aromatic carbocycles. The fourth-order valence-electron chi connectivity index (χ4n) is 1.62. The summed E-state index contributed by atoms with van der Waals surface area (Å²) in [5, 5.41) is 0. The number of rotatable bonds is 5. The van der Waals surface area contributed by atoms with E-state index in [4.69, 9.17) is 4.42 Å². The van der Waals surface area contributed by atoms with Crippen molar-refractivity contribution in [1.82, 2.24) is 4.72 Å². The third-order valence-corrected chi connectivity index (χ3v) is 4.15. The van der Waals surface area contributed by atoms with Gasteiger partial charge in [-0.1, -0.05) is 17.7 Å². The lowest BCUT2D eigenvalue weighted by Gasteiger charge is -2.05. The quantitative estimate of drug-likeness (QED) is 0.850. The van der Waals surface area contributed by atoms with Crippen LogP contribution in [0.25, 0.3) is 0 Å². The molecule has 0 atom stereocenters. The van der Waals surface area contributed by atoms with Gasteiger partial charge in [0.1, 0.15) is 12.3 Å². The molecule has 0 bridgehead atoms. The predicted octanol–water partition coefficient (Wildman–Crippen LogP) is 0.808. The zero-order valence-electron chi connectivity index (χ0n) is 10.7. The number of sulfonamides is 1. The van der Waals surface area contributed by atoms with Gasteiger partial charge >= 0.3 is 0 Å². The van der Waals surface area contributed by atoms with E-state index in [2.05, 4.69) is 10.5 Å². The molecule has 0 unspecified atom stereocenters. The van der Waals surface area contributed by atoms with Crippen molar-refractivity contribution in [2.75, 3.05) is 0 Å². The fourth-order valence-corrected chi connectivity index (χ4v) is 2.61. The average Bonchev–Trinajstić information content (AvgIpc) is 2.85. The predicted molar refractivity (Wildman–Crippen MR) is 70.5 cm³/mol. The van der Waals surface area contributed by atoms with E-state index < -0.39 is 10.0 Å². The highest BCUT2D eigenvalue weighted by molar-refractivity contribution is 7.89. The molecule has 4 N–H and O–H groups in total. The van der Waals surface area contributed by atoms with Crippen LogP contribution in [0.4, 0.5) is 0 Å². The van der Waals surface area contributed by atoms with Crippen LogP contribution in [0.1, 0.15) is 17.1 Å². The molecular weight excluding hydrogens is 264 g/mol. The van der Waals surface area contributed by atoms with Gasteiger partial charge in [0.05, 0.1) is 11.4 Å². The largest absolute Gasteiger partial charge is 0.459 e. The van der Waals surface area contributed by atoms with E-state index >= 15 is 0 Å². The third-order valence-electron chi connectivity index (χ3n) is 2.73. The molecule has 0 aliphatic rings. The molecule has 0 saturated carbocycles. The van der Waals surface area contributed by atoms with Gasteiger partial charge in [-0.25, -0.2) is 13.1 Å². The van der Waals surface area contributed by atoms with Gasteiger partial charge in [-0.05, 0) is 31.2 Å². The highest BCUT2D eigenvalue weighted by Crippen LogP contribution is 2.12. The molecule has 1 aromatic heterocycles. The summed E-state index contributed by atoms with van der Waals surface area (Å²) in [6.45, 7) is 2.59. The summed E-state index contributed by atoms with van der Waals surface area (Å²) in [5.74, 6) is 1.32. The summed E-state index contributed by atoms with van der Waals surface area (Å²) >= 11 is 0. The lowest BCUT2D eigenvalue weighted by Crippen LogP contribution is -2.47. The zero-order chi connectivity index (χ0) is 13.9. The van der Waals surface area contributed by atoms with Gasteiger partial charge in [0, 0.05) is 0 Å². The molecular formula is C13H17N2O3S+. The molecule has 0 aliphatic heterocycles. The normalized spacial score (nSPS) is 11.7. The van der Waals surface area contributed by atoms with E-state index in [1.165, 1.54) is 0 Å². The van der Waals surface area contributed by atoms with Gasteiger partial charge in [0.2, 0.25) is 10.0 Å². The Morgan fingerprint density at radius 2 is 1.74 bits per heavy atom. The van der Waals surface area contributed by atoms with Crippen LogP contribution in [-0.2, 0) is 23.1 Å². The number of nitrogens with one attached hydrogen (secondary N) is 1. The van der Waals surface area contributed by atoms with Gasteiger partial charge in [-0.2, -0.15) is 0 Å². The second kappa shape index (κ2) is 5.56. The first-order valence-electron chi connectivity index (χ1n) is 5.94. The smallest absolute Gasteiger partial charge is 0.240 e. The monoisotopic (exact) mass is 281 g/mol. The summed E-state index contributed by atoms with van der Waals surface area (Å²) in [4.78, 5) is 0.252. The number of hydrogen-bond acceptors (Lipinski definition) is 3. The molecule has 2 rings (SSSR count). The second-order valence-electron chi connectivity index (χ2n) is 4.26. The molecule has 0 aliphatic carbocycles. The summed E-state index contributed by atoms with van der Waals surface area (Å²) in [6, 6.07) is 10.2. The lowest BCUT2D eigenvalue weighted by molar-refractivity contribution is -0.390. The van der Waals surface area contributed by atoms with Gasteiger partial charge in [-0.3, -0.25) is 0 Å². The van der Waals surface area contributed by atoms with Crippen LogP contribution in [-0.4, -0.2) is 8.42 Å². The Hall–Kier alpha value is -1.63. The molecule has 6 heteroatoms. The van der Waals surface area contributed by atoms with Crippen molar-refractivity contribution in [2.45, 2.75) is 24.9 Å². The van der Waals surface area contributed by atoms with E-state index in [-0.39, 0.29) is 11.4 Å². The van der Waals surface area contributed by atoms with Crippen LogP contribution in [0.5, 0.6) is 0 Å². The molecule has 0 radical (unpaired) electrons. The van der Waals surface area contributed by atoms with Crippen molar-refractivity contribution in [3.05, 3.63) is 53.5 Å². The van der Waals surface area contributed by atoms with Gasteiger partial charge in [-0.15, -0.1) is 0 Å². The highest BCUT2D eigenvalue weighted by Gasteiger charge is 2.14. The number of aryl methyl sites for hydroxylation is 1. The van der Waals surface area contributed by atoms with Gasteiger partial charge < -0.3 is 10.2 Å². The maximum Gasteiger partial charge on any atom is 0.240 e. The first-order chi connectivity index (χ1) is 9.01. The Kier molecular flexibility index (Phi) is 4.04. The SMILES string of the molecule is Cc1ccc(S(=O)(=O)NCc2ccc(C[NH3+])o2)cc1. The fraction of sp³-hybridized carbons (Fsp3) is 0.231. The first kappa shape index (κ1) is 13.8. The number of quaternary nitrogens is 1. The van der Waals surface area contributed by atoms with Crippen LogP contribution in [0.3, 0.4) is 0 Å². The minimum atomic E-state index is -3.50. The Morgan fingerprint density at radius 3 is 2.32 bits per heavy atom. The minimum Gasteiger partial charge on any atom is -0.459 e. The Bertz CT molecular complexity index is 645. The molecule has 0 saturated heterocycles. The van der Waals surface area contributed by atoms with Crippen molar-refractivity contribution in [1.29, 1.82) is 0 Å². The van der Waals surface area contributed by atoms with E-state index in [0.29, 0.717) is 12.3 Å². The molecule has 19 heavy (non-hydrogen) atoms. The molecule has 5 nitrogen and oxygen atoms in total. The van der Waals surface area contributed by atoms with E-state index in [1.807, 2.05) is 6.92 Å². The van der Waals surface area contributed by atoms with Crippen LogP contribution >= 0.6 is 0 Å². The van der Waals surface area contributed by atoms with E-state index in [1.54, 1.807) is 36.4 Å². The van der Waals surface area contributed by atoms with Crippen molar-refractivity contribution < 1.29 is 18.6 Å². The number of benzene rings is 1. The van der Waals surface area contributed by atoms with E-state index in [0.717, 1.165) is 11.3 Å². The van der Waals surface area contributed by atoms with Crippen molar-refractivity contribution in [3.63, 3.8) is 0 Å². The Morgan fingerprint density at radius 1 is 1.11 bits per heavy atom. The summed E-state index contributed by atoms with van der Waals surface area (Å²) in [5.41, 5.74) is 4.72. The summed E-state index contributed by atoms with van der Waals surface area (Å²) < 4.78 is 32.0. The number of furan rings is 1. The highest BCUT2D eigenvalue weighted by atomic mass is 32.2. The summed E-state index contributed by atoms with van der Waals surface area (Å²) in [6.07, 6.45) is 0. The van der Waals surface area contributed by atoms with E-state index in [9.17, 15) is 8.42 Å². The van der Waals surface area contributed by atoms with Crippen molar-refractivity contribution >= 4 is 10.0 Å². The third kappa shape index (κ3) is 3.44. The maximum absolute atomic E-state index is 12.0.